The van der Waals surface area contributed by atoms with E-state index in [2.05, 4.69) is 50.4 Å². The van der Waals surface area contributed by atoms with E-state index in [1.807, 2.05) is 0 Å². The smallest absolute Gasteiger partial charge is 0.00435 e. The maximum absolute atomic E-state index is 5.91. The SMILES string of the molecule is Cc1ccccc1C(C)(C)CNCC1(CN)CCC1. The molecule has 1 fully saturated rings. The first-order valence-corrected chi connectivity index (χ1v) is 7.46. The summed E-state index contributed by atoms with van der Waals surface area (Å²) < 4.78 is 0. The summed E-state index contributed by atoms with van der Waals surface area (Å²) in [5.41, 5.74) is 9.30. The summed E-state index contributed by atoms with van der Waals surface area (Å²) in [6.07, 6.45) is 3.93. The third-order valence-corrected chi connectivity index (χ3v) is 4.79. The largest absolute Gasteiger partial charge is 0.330 e. The highest BCUT2D eigenvalue weighted by Crippen LogP contribution is 2.39. The summed E-state index contributed by atoms with van der Waals surface area (Å²) in [5, 5.41) is 3.67. The van der Waals surface area contributed by atoms with Gasteiger partial charge in [-0.25, -0.2) is 0 Å². The molecular weight excluding hydrogens is 232 g/mol. The topological polar surface area (TPSA) is 38.0 Å². The van der Waals surface area contributed by atoms with Gasteiger partial charge in [-0.05, 0) is 42.9 Å². The van der Waals surface area contributed by atoms with Crippen LogP contribution in [0.4, 0.5) is 0 Å². The van der Waals surface area contributed by atoms with E-state index in [9.17, 15) is 0 Å². The molecule has 0 aromatic heterocycles. The van der Waals surface area contributed by atoms with Crippen molar-refractivity contribution in [2.24, 2.45) is 11.1 Å². The number of benzene rings is 1. The molecule has 1 aliphatic carbocycles. The molecular formula is C17H28N2. The number of nitrogens with two attached hydrogens (primary N) is 1. The molecule has 0 heterocycles. The Hall–Kier alpha value is -0.860. The van der Waals surface area contributed by atoms with Crippen LogP contribution in [-0.4, -0.2) is 19.6 Å². The molecule has 106 valence electrons. The zero-order valence-electron chi connectivity index (χ0n) is 12.6. The molecule has 1 aromatic carbocycles. The predicted octanol–water partition coefficient (Wildman–Crippen LogP) is 2.99. The molecule has 0 unspecified atom stereocenters. The fourth-order valence-electron chi connectivity index (χ4n) is 3.20. The Kier molecular flexibility index (Phi) is 4.32. The molecule has 0 amide bonds. The molecule has 0 bridgehead atoms. The first kappa shape index (κ1) is 14.5. The Morgan fingerprint density at radius 3 is 2.47 bits per heavy atom. The van der Waals surface area contributed by atoms with Gasteiger partial charge >= 0.3 is 0 Å². The van der Waals surface area contributed by atoms with Gasteiger partial charge in [0.15, 0.2) is 0 Å². The average Bonchev–Trinajstić information content (AvgIpc) is 2.33. The molecule has 1 aliphatic rings. The van der Waals surface area contributed by atoms with Crippen molar-refractivity contribution in [2.75, 3.05) is 19.6 Å². The van der Waals surface area contributed by atoms with Gasteiger partial charge in [-0.2, -0.15) is 0 Å². The lowest BCUT2D eigenvalue weighted by Gasteiger charge is -2.42. The van der Waals surface area contributed by atoms with E-state index < -0.39 is 0 Å². The van der Waals surface area contributed by atoms with Crippen molar-refractivity contribution in [3.63, 3.8) is 0 Å². The molecule has 1 saturated carbocycles. The molecule has 0 atom stereocenters. The normalized spacial score (nSPS) is 18.1. The van der Waals surface area contributed by atoms with Crippen molar-refractivity contribution in [3.05, 3.63) is 35.4 Å². The van der Waals surface area contributed by atoms with E-state index >= 15 is 0 Å². The zero-order valence-corrected chi connectivity index (χ0v) is 12.6. The van der Waals surface area contributed by atoms with Crippen LogP contribution in [-0.2, 0) is 5.41 Å². The molecule has 19 heavy (non-hydrogen) atoms. The molecule has 0 spiro atoms. The monoisotopic (exact) mass is 260 g/mol. The highest BCUT2D eigenvalue weighted by Gasteiger charge is 2.35. The highest BCUT2D eigenvalue weighted by atomic mass is 14.9. The van der Waals surface area contributed by atoms with Gasteiger partial charge in [0.25, 0.3) is 0 Å². The maximum Gasteiger partial charge on any atom is 0.00435 e. The van der Waals surface area contributed by atoms with Crippen LogP contribution in [0.3, 0.4) is 0 Å². The van der Waals surface area contributed by atoms with E-state index in [0.29, 0.717) is 5.41 Å². The van der Waals surface area contributed by atoms with Crippen LogP contribution in [0.25, 0.3) is 0 Å². The number of rotatable bonds is 6. The van der Waals surface area contributed by atoms with Gasteiger partial charge in [-0.3, -0.25) is 0 Å². The average molecular weight is 260 g/mol. The first-order valence-electron chi connectivity index (χ1n) is 7.46. The molecule has 3 N–H and O–H groups in total. The Morgan fingerprint density at radius 1 is 1.26 bits per heavy atom. The fourth-order valence-corrected chi connectivity index (χ4v) is 3.20. The lowest BCUT2D eigenvalue weighted by atomic mass is 9.68. The van der Waals surface area contributed by atoms with E-state index in [1.54, 1.807) is 0 Å². The molecule has 0 radical (unpaired) electrons. The van der Waals surface area contributed by atoms with Crippen molar-refractivity contribution < 1.29 is 0 Å². The molecule has 2 heteroatoms. The maximum atomic E-state index is 5.91. The predicted molar refractivity (Wildman–Crippen MR) is 82.4 cm³/mol. The summed E-state index contributed by atoms with van der Waals surface area (Å²) >= 11 is 0. The number of hydrogen-bond donors (Lipinski definition) is 2. The van der Waals surface area contributed by atoms with Crippen LogP contribution in [0.1, 0.15) is 44.2 Å². The minimum atomic E-state index is 0.172. The second-order valence-corrected chi connectivity index (χ2v) is 6.86. The van der Waals surface area contributed by atoms with Gasteiger partial charge in [0.05, 0.1) is 0 Å². The van der Waals surface area contributed by atoms with E-state index in [-0.39, 0.29) is 5.41 Å². The molecule has 2 rings (SSSR count). The number of nitrogens with one attached hydrogen (secondary N) is 1. The standard InChI is InChI=1S/C17H28N2/c1-14-7-4-5-8-15(14)16(2,3)12-19-13-17(11-18)9-6-10-17/h4-5,7-8,19H,6,9-13,18H2,1-3H3. The Morgan fingerprint density at radius 2 is 1.95 bits per heavy atom. The highest BCUT2D eigenvalue weighted by molar-refractivity contribution is 5.32. The van der Waals surface area contributed by atoms with Gasteiger partial charge in [-0.1, -0.05) is 44.5 Å². The Balaban J connectivity index is 1.93. The van der Waals surface area contributed by atoms with Crippen LogP contribution in [0.15, 0.2) is 24.3 Å². The van der Waals surface area contributed by atoms with E-state index in [1.165, 1.54) is 30.4 Å². The van der Waals surface area contributed by atoms with E-state index in [0.717, 1.165) is 19.6 Å². The van der Waals surface area contributed by atoms with Gasteiger partial charge in [0.2, 0.25) is 0 Å². The lowest BCUT2D eigenvalue weighted by molar-refractivity contribution is 0.138. The van der Waals surface area contributed by atoms with Crippen molar-refractivity contribution in [3.8, 4) is 0 Å². The summed E-state index contributed by atoms with van der Waals surface area (Å²) in [4.78, 5) is 0. The van der Waals surface area contributed by atoms with Crippen molar-refractivity contribution in [1.82, 2.24) is 5.32 Å². The van der Waals surface area contributed by atoms with Gasteiger partial charge in [0.1, 0.15) is 0 Å². The first-order chi connectivity index (χ1) is 8.99. The summed E-state index contributed by atoms with van der Waals surface area (Å²) in [7, 11) is 0. The molecule has 2 nitrogen and oxygen atoms in total. The summed E-state index contributed by atoms with van der Waals surface area (Å²) in [5.74, 6) is 0. The Bertz CT molecular complexity index is 414. The van der Waals surface area contributed by atoms with E-state index in [4.69, 9.17) is 5.73 Å². The van der Waals surface area contributed by atoms with Crippen LogP contribution < -0.4 is 11.1 Å². The van der Waals surface area contributed by atoms with Crippen molar-refractivity contribution in [2.45, 2.75) is 45.4 Å². The minimum absolute atomic E-state index is 0.172. The Labute approximate surface area is 117 Å². The molecule has 0 saturated heterocycles. The third kappa shape index (κ3) is 3.18. The second-order valence-electron chi connectivity index (χ2n) is 6.86. The third-order valence-electron chi connectivity index (χ3n) is 4.79. The van der Waals surface area contributed by atoms with Crippen molar-refractivity contribution in [1.29, 1.82) is 0 Å². The van der Waals surface area contributed by atoms with Crippen LogP contribution in [0.2, 0.25) is 0 Å². The van der Waals surface area contributed by atoms with Gasteiger partial charge in [-0.15, -0.1) is 0 Å². The summed E-state index contributed by atoms with van der Waals surface area (Å²) in [6, 6.07) is 8.70. The summed E-state index contributed by atoms with van der Waals surface area (Å²) in [6.45, 7) is 9.74. The number of aryl methyl sites for hydroxylation is 1. The second kappa shape index (κ2) is 5.64. The fraction of sp³-hybridized carbons (Fsp3) is 0.647. The number of hydrogen-bond acceptors (Lipinski definition) is 2. The quantitative estimate of drug-likeness (QED) is 0.825. The zero-order chi connectivity index (χ0) is 13.9. The van der Waals surface area contributed by atoms with Gasteiger partial charge in [0, 0.05) is 18.5 Å². The molecule has 0 aliphatic heterocycles. The van der Waals surface area contributed by atoms with Crippen LogP contribution >= 0.6 is 0 Å². The minimum Gasteiger partial charge on any atom is -0.330 e. The van der Waals surface area contributed by atoms with Crippen molar-refractivity contribution >= 4 is 0 Å². The van der Waals surface area contributed by atoms with Crippen LogP contribution in [0, 0.1) is 12.3 Å². The van der Waals surface area contributed by atoms with Crippen LogP contribution in [0.5, 0.6) is 0 Å². The lowest BCUT2D eigenvalue weighted by Crippen LogP contribution is -2.47. The molecule has 1 aromatic rings. The van der Waals surface area contributed by atoms with Gasteiger partial charge < -0.3 is 11.1 Å².